The van der Waals surface area contributed by atoms with Crippen molar-refractivity contribution in [3.63, 3.8) is 0 Å². The first-order chi connectivity index (χ1) is 17.1. The van der Waals surface area contributed by atoms with Gasteiger partial charge in [-0.2, -0.15) is 0 Å². The van der Waals surface area contributed by atoms with Gasteiger partial charge in [0.1, 0.15) is 11.2 Å². The van der Waals surface area contributed by atoms with Crippen molar-refractivity contribution in [2.24, 2.45) is 0 Å². The number of rotatable bonds is 2. The number of aryl methyl sites for hydroxylation is 2. The minimum Gasteiger partial charge on any atom is -0.455 e. The average molecular weight is 451 g/mol. The van der Waals surface area contributed by atoms with Crippen molar-refractivity contribution in [1.82, 2.24) is 9.97 Å². The molecule has 0 fully saturated rings. The van der Waals surface area contributed by atoms with Crippen molar-refractivity contribution in [2.45, 2.75) is 13.8 Å². The van der Waals surface area contributed by atoms with Gasteiger partial charge < -0.3 is 4.42 Å². The van der Waals surface area contributed by atoms with E-state index in [1.165, 1.54) is 27.1 Å². The van der Waals surface area contributed by atoms with Crippen molar-refractivity contribution >= 4 is 43.5 Å². The van der Waals surface area contributed by atoms with Crippen LogP contribution >= 0.6 is 0 Å². The van der Waals surface area contributed by atoms with Crippen LogP contribution in [0.3, 0.4) is 0 Å². The van der Waals surface area contributed by atoms with E-state index >= 15 is 0 Å². The van der Waals surface area contributed by atoms with Crippen molar-refractivity contribution in [3.05, 3.63) is 108 Å². The van der Waals surface area contributed by atoms with Gasteiger partial charge in [0.25, 0.3) is 0 Å². The van der Waals surface area contributed by atoms with Crippen LogP contribution < -0.4 is 0 Å². The lowest BCUT2D eigenvalue weighted by atomic mass is 9.97. The molecular weight excluding hydrogens is 428 g/mol. The Morgan fingerprint density at radius 3 is 2.14 bits per heavy atom. The molecule has 0 saturated heterocycles. The number of furan rings is 1. The quantitative estimate of drug-likeness (QED) is 0.247. The molecule has 0 aliphatic heterocycles. The maximum Gasteiger partial charge on any atom is 0.144 e. The highest BCUT2D eigenvalue weighted by atomic mass is 16.3. The van der Waals surface area contributed by atoms with Gasteiger partial charge in [-0.05, 0) is 95.1 Å². The Labute approximate surface area is 202 Å². The largest absolute Gasteiger partial charge is 0.455 e. The normalized spacial score (nSPS) is 11.7. The van der Waals surface area contributed by atoms with Crippen molar-refractivity contribution in [2.75, 3.05) is 0 Å². The summed E-state index contributed by atoms with van der Waals surface area (Å²) >= 11 is 0. The lowest BCUT2D eigenvalue weighted by Crippen LogP contribution is -1.89. The van der Waals surface area contributed by atoms with Gasteiger partial charge in [0, 0.05) is 34.3 Å². The van der Waals surface area contributed by atoms with Crippen molar-refractivity contribution in [1.29, 1.82) is 0 Å². The minimum absolute atomic E-state index is 0.856. The zero-order valence-corrected chi connectivity index (χ0v) is 19.5. The summed E-state index contributed by atoms with van der Waals surface area (Å²) in [7, 11) is 0. The van der Waals surface area contributed by atoms with E-state index in [0.29, 0.717) is 0 Å². The van der Waals surface area contributed by atoms with Crippen molar-refractivity contribution < 1.29 is 4.42 Å². The molecule has 7 aromatic rings. The monoisotopic (exact) mass is 450 g/mol. The molecule has 7 rings (SSSR count). The molecule has 3 heteroatoms. The van der Waals surface area contributed by atoms with Gasteiger partial charge in [0.05, 0.1) is 11.4 Å². The maximum absolute atomic E-state index is 6.59. The van der Waals surface area contributed by atoms with Crippen LogP contribution in [0, 0.1) is 13.8 Å². The van der Waals surface area contributed by atoms with Crippen LogP contribution in [0.4, 0.5) is 0 Å². The first-order valence-corrected chi connectivity index (χ1v) is 11.8. The number of pyridine rings is 2. The molecule has 0 bridgehead atoms. The van der Waals surface area contributed by atoms with Crippen LogP contribution in [-0.4, -0.2) is 9.97 Å². The number of aromatic nitrogens is 2. The smallest absolute Gasteiger partial charge is 0.144 e. The van der Waals surface area contributed by atoms with E-state index in [9.17, 15) is 0 Å². The van der Waals surface area contributed by atoms with Gasteiger partial charge in [-0.25, -0.2) is 0 Å². The molecule has 0 spiro atoms. The molecule has 4 aromatic carbocycles. The summed E-state index contributed by atoms with van der Waals surface area (Å²) in [5, 5.41) is 7.05. The molecule has 0 atom stereocenters. The average Bonchev–Trinajstić information content (AvgIpc) is 3.24. The third kappa shape index (κ3) is 3.20. The highest BCUT2D eigenvalue weighted by molar-refractivity contribution is 6.18. The van der Waals surface area contributed by atoms with E-state index in [4.69, 9.17) is 9.40 Å². The van der Waals surface area contributed by atoms with Crippen LogP contribution in [-0.2, 0) is 0 Å². The predicted octanol–water partition coefficient (Wildman–Crippen LogP) is 8.63. The molecular formula is C32H22N2O. The topological polar surface area (TPSA) is 38.9 Å². The van der Waals surface area contributed by atoms with Gasteiger partial charge in [0.2, 0.25) is 0 Å². The Bertz CT molecular complexity index is 1930. The Balaban J connectivity index is 1.60. The molecule has 3 aromatic heterocycles. The molecule has 0 saturated carbocycles. The second-order valence-corrected chi connectivity index (χ2v) is 9.30. The molecule has 166 valence electrons. The van der Waals surface area contributed by atoms with E-state index < -0.39 is 0 Å². The van der Waals surface area contributed by atoms with E-state index in [0.717, 1.165) is 50.0 Å². The standard InChI is InChI=1S/C32H22N2O/c1-19-9-11-33-29(13-19)23-16-27-26-15-22-8-7-21-5-3-4-6-24(21)25(22)18-31(26)35-32(27)28(17-23)30-14-20(2)10-12-34-30/h3-18H,1-2H3. The van der Waals surface area contributed by atoms with E-state index in [1.807, 2.05) is 24.5 Å². The highest BCUT2D eigenvalue weighted by Crippen LogP contribution is 2.41. The van der Waals surface area contributed by atoms with E-state index in [-0.39, 0.29) is 0 Å². The van der Waals surface area contributed by atoms with Gasteiger partial charge in [-0.1, -0.05) is 36.4 Å². The Morgan fingerprint density at radius 1 is 0.571 bits per heavy atom. The third-order valence-corrected chi connectivity index (χ3v) is 6.84. The summed E-state index contributed by atoms with van der Waals surface area (Å²) in [5.74, 6) is 0. The summed E-state index contributed by atoms with van der Waals surface area (Å²) in [6.07, 6.45) is 3.72. The molecule has 3 nitrogen and oxygen atoms in total. The maximum atomic E-state index is 6.59. The third-order valence-electron chi connectivity index (χ3n) is 6.84. The zero-order chi connectivity index (χ0) is 23.5. The van der Waals surface area contributed by atoms with Gasteiger partial charge in [-0.3, -0.25) is 9.97 Å². The lowest BCUT2D eigenvalue weighted by molar-refractivity contribution is 0.670. The molecule has 35 heavy (non-hydrogen) atoms. The molecule has 0 N–H and O–H groups in total. The fourth-order valence-corrected chi connectivity index (χ4v) is 5.09. The summed E-state index contributed by atoms with van der Waals surface area (Å²) in [5.41, 5.74) is 7.97. The van der Waals surface area contributed by atoms with E-state index in [1.54, 1.807) is 0 Å². The number of fused-ring (bicyclic) bond motifs is 6. The summed E-state index contributed by atoms with van der Waals surface area (Å²) < 4.78 is 6.59. The molecule has 0 aliphatic carbocycles. The molecule has 0 amide bonds. The fraction of sp³-hybridized carbons (Fsp3) is 0.0625. The molecule has 3 heterocycles. The Morgan fingerprint density at radius 2 is 1.31 bits per heavy atom. The number of hydrogen-bond donors (Lipinski definition) is 0. The molecule has 0 unspecified atom stereocenters. The van der Waals surface area contributed by atoms with Gasteiger partial charge in [0.15, 0.2) is 0 Å². The van der Waals surface area contributed by atoms with Crippen LogP contribution in [0.5, 0.6) is 0 Å². The highest BCUT2D eigenvalue weighted by Gasteiger charge is 2.17. The predicted molar refractivity (Wildman–Crippen MR) is 145 cm³/mol. The zero-order valence-electron chi connectivity index (χ0n) is 19.5. The Hall–Kier alpha value is -4.50. The summed E-state index contributed by atoms with van der Waals surface area (Å²) in [4.78, 5) is 9.36. The first-order valence-electron chi connectivity index (χ1n) is 11.8. The van der Waals surface area contributed by atoms with Crippen LogP contribution in [0.1, 0.15) is 11.1 Å². The van der Waals surface area contributed by atoms with E-state index in [2.05, 4.69) is 91.6 Å². The number of hydrogen-bond acceptors (Lipinski definition) is 3. The molecule has 0 aliphatic rings. The van der Waals surface area contributed by atoms with Crippen molar-refractivity contribution in [3.8, 4) is 22.5 Å². The second-order valence-electron chi connectivity index (χ2n) is 9.30. The Kier molecular flexibility index (Phi) is 4.27. The first kappa shape index (κ1) is 19.9. The van der Waals surface area contributed by atoms with Crippen LogP contribution in [0.15, 0.2) is 102 Å². The fourth-order valence-electron chi connectivity index (χ4n) is 5.09. The second kappa shape index (κ2) is 7.51. The van der Waals surface area contributed by atoms with Gasteiger partial charge in [-0.15, -0.1) is 0 Å². The number of nitrogens with zero attached hydrogens (tertiary/aromatic N) is 2. The summed E-state index contributed by atoms with van der Waals surface area (Å²) in [6.45, 7) is 4.18. The van der Waals surface area contributed by atoms with Crippen LogP contribution in [0.25, 0.3) is 66.0 Å². The SMILES string of the molecule is Cc1ccnc(-c2cc(-c3cc(C)ccn3)c3oc4cc5c(ccc6ccccc65)cc4c3c2)c1. The summed E-state index contributed by atoms with van der Waals surface area (Å²) in [6, 6.07) is 30.0. The lowest BCUT2D eigenvalue weighted by Gasteiger charge is -2.08. The van der Waals surface area contributed by atoms with Gasteiger partial charge >= 0.3 is 0 Å². The molecule has 0 radical (unpaired) electrons. The minimum atomic E-state index is 0.856. The van der Waals surface area contributed by atoms with Crippen LogP contribution in [0.2, 0.25) is 0 Å². The number of benzene rings is 4.